The third-order valence-corrected chi connectivity index (χ3v) is 5.38. The van der Waals surface area contributed by atoms with Gasteiger partial charge in [0.15, 0.2) is 0 Å². The highest BCUT2D eigenvalue weighted by molar-refractivity contribution is 7.17. The van der Waals surface area contributed by atoms with Gasteiger partial charge in [-0.1, -0.05) is 12.1 Å². The minimum Gasteiger partial charge on any atom is -0.497 e. The molecule has 0 saturated heterocycles. The number of benzene rings is 1. The first kappa shape index (κ1) is 17.2. The van der Waals surface area contributed by atoms with Gasteiger partial charge in [-0.2, -0.15) is 0 Å². The zero-order valence-electron chi connectivity index (χ0n) is 14.0. The average Bonchev–Trinajstić information content (AvgIpc) is 2.98. The Hall–Kier alpha value is -2.60. The normalized spacial score (nSPS) is 13.5. The fourth-order valence-electron chi connectivity index (χ4n) is 2.99. The maximum atomic E-state index is 12.3. The molecule has 1 aliphatic carbocycles. The topological polar surface area (TPSA) is 81.4 Å². The maximum Gasteiger partial charge on any atom is 0.251 e. The van der Waals surface area contributed by atoms with Crippen LogP contribution in [0, 0.1) is 0 Å². The van der Waals surface area contributed by atoms with E-state index in [0.717, 1.165) is 47.4 Å². The van der Waals surface area contributed by atoms with E-state index in [0.29, 0.717) is 10.6 Å². The molecule has 2 amide bonds. The lowest BCUT2D eigenvalue weighted by molar-refractivity contribution is -0.111. The Bertz CT molecular complexity index is 839. The first-order valence-corrected chi connectivity index (χ1v) is 8.97. The summed E-state index contributed by atoms with van der Waals surface area (Å²) in [6.07, 6.45) is 7.09. The van der Waals surface area contributed by atoms with Gasteiger partial charge in [-0.3, -0.25) is 9.59 Å². The smallest absolute Gasteiger partial charge is 0.251 e. The van der Waals surface area contributed by atoms with Crippen molar-refractivity contribution in [3.63, 3.8) is 0 Å². The van der Waals surface area contributed by atoms with Crippen molar-refractivity contribution in [1.82, 2.24) is 0 Å². The molecule has 0 saturated carbocycles. The molecule has 5 nitrogen and oxygen atoms in total. The van der Waals surface area contributed by atoms with Crippen LogP contribution in [0.2, 0.25) is 0 Å². The molecule has 3 rings (SSSR count). The van der Waals surface area contributed by atoms with E-state index in [1.54, 1.807) is 13.2 Å². The fourth-order valence-corrected chi connectivity index (χ4v) is 4.28. The first-order valence-electron chi connectivity index (χ1n) is 8.16. The SMILES string of the molecule is COc1cccc(/C=C/C(=O)Nc2sc3c(c2C(N)=O)CCCC3)c1. The molecule has 1 aliphatic rings. The summed E-state index contributed by atoms with van der Waals surface area (Å²) in [6, 6.07) is 7.41. The highest BCUT2D eigenvalue weighted by Gasteiger charge is 2.24. The van der Waals surface area contributed by atoms with Gasteiger partial charge >= 0.3 is 0 Å². The second-order valence-electron chi connectivity index (χ2n) is 5.88. The van der Waals surface area contributed by atoms with Crippen molar-refractivity contribution in [3.8, 4) is 5.75 Å². The number of amides is 2. The van der Waals surface area contributed by atoms with Gasteiger partial charge in [-0.25, -0.2) is 0 Å². The van der Waals surface area contributed by atoms with E-state index >= 15 is 0 Å². The number of thiophene rings is 1. The summed E-state index contributed by atoms with van der Waals surface area (Å²) < 4.78 is 5.16. The van der Waals surface area contributed by atoms with E-state index in [2.05, 4.69) is 5.32 Å². The van der Waals surface area contributed by atoms with Gasteiger partial charge in [0.05, 0.1) is 12.7 Å². The Morgan fingerprint density at radius 2 is 2.08 bits per heavy atom. The van der Waals surface area contributed by atoms with Crippen LogP contribution < -0.4 is 15.8 Å². The molecule has 0 unspecified atom stereocenters. The number of ether oxygens (including phenoxy) is 1. The number of hydrogen-bond donors (Lipinski definition) is 2. The Morgan fingerprint density at radius 3 is 2.84 bits per heavy atom. The van der Waals surface area contributed by atoms with Gasteiger partial charge in [0.1, 0.15) is 10.8 Å². The lowest BCUT2D eigenvalue weighted by Crippen LogP contribution is -2.17. The number of rotatable bonds is 5. The second-order valence-corrected chi connectivity index (χ2v) is 6.98. The molecule has 130 valence electrons. The van der Waals surface area contributed by atoms with Crippen LogP contribution in [-0.2, 0) is 17.6 Å². The van der Waals surface area contributed by atoms with Gasteiger partial charge in [-0.05, 0) is 55.0 Å². The molecular formula is C19H20N2O3S. The number of primary amides is 1. The summed E-state index contributed by atoms with van der Waals surface area (Å²) >= 11 is 1.46. The summed E-state index contributed by atoms with van der Waals surface area (Å²) in [5.74, 6) is -0.0418. The molecule has 0 radical (unpaired) electrons. The Labute approximate surface area is 150 Å². The van der Waals surface area contributed by atoms with Crippen molar-refractivity contribution >= 4 is 34.2 Å². The van der Waals surface area contributed by atoms with Gasteiger partial charge in [0.25, 0.3) is 5.91 Å². The molecule has 25 heavy (non-hydrogen) atoms. The van der Waals surface area contributed by atoms with Crippen LogP contribution in [0.4, 0.5) is 5.00 Å². The van der Waals surface area contributed by atoms with Crippen LogP contribution >= 0.6 is 11.3 Å². The molecule has 0 atom stereocenters. The largest absolute Gasteiger partial charge is 0.497 e. The third kappa shape index (κ3) is 3.91. The molecule has 3 N–H and O–H groups in total. The van der Waals surface area contributed by atoms with Crippen LogP contribution in [0.5, 0.6) is 5.75 Å². The fraction of sp³-hybridized carbons (Fsp3) is 0.263. The quantitative estimate of drug-likeness (QED) is 0.806. The summed E-state index contributed by atoms with van der Waals surface area (Å²) in [5, 5.41) is 3.36. The molecule has 1 aromatic heterocycles. The summed E-state index contributed by atoms with van der Waals surface area (Å²) in [6.45, 7) is 0. The minimum absolute atomic E-state index is 0.288. The summed E-state index contributed by atoms with van der Waals surface area (Å²) in [5.41, 5.74) is 7.88. The lowest BCUT2D eigenvalue weighted by atomic mass is 9.95. The van der Waals surface area contributed by atoms with Crippen molar-refractivity contribution in [2.24, 2.45) is 5.73 Å². The number of anilines is 1. The molecule has 0 aliphatic heterocycles. The van der Waals surface area contributed by atoms with Gasteiger partial charge in [-0.15, -0.1) is 11.3 Å². The van der Waals surface area contributed by atoms with E-state index in [1.165, 1.54) is 17.4 Å². The van der Waals surface area contributed by atoms with Gasteiger partial charge in [0.2, 0.25) is 5.91 Å². The zero-order valence-corrected chi connectivity index (χ0v) is 14.8. The lowest BCUT2D eigenvalue weighted by Gasteiger charge is -2.11. The molecule has 6 heteroatoms. The average molecular weight is 356 g/mol. The molecule has 1 heterocycles. The number of hydrogen-bond acceptors (Lipinski definition) is 4. The van der Waals surface area contributed by atoms with E-state index in [1.807, 2.05) is 24.3 Å². The number of aryl methyl sites for hydroxylation is 1. The zero-order chi connectivity index (χ0) is 17.8. The molecule has 1 aromatic carbocycles. The van der Waals surface area contributed by atoms with E-state index in [-0.39, 0.29) is 5.91 Å². The predicted molar refractivity (Wildman–Crippen MR) is 100 cm³/mol. The highest BCUT2D eigenvalue weighted by Crippen LogP contribution is 2.37. The van der Waals surface area contributed by atoms with Crippen LogP contribution in [0.15, 0.2) is 30.3 Å². The van der Waals surface area contributed by atoms with Crippen LogP contribution in [0.25, 0.3) is 6.08 Å². The van der Waals surface area contributed by atoms with E-state index < -0.39 is 5.91 Å². The van der Waals surface area contributed by atoms with Gasteiger partial charge in [0, 0.05) is 11.0 Å². The van der Waals surface area contributed by atoms with Crippen molar-refractivity contribution in [2.45, 2.75) is 25.7 Å². The minimum atomic E-state index is -0.480. The maximum absolute atomic E-state index is 12.3. The Kier molecular flexibility index (Phi) is 5.19. The number of fused-ring (bicyclic) bond motifs is 1. The van der Waals surface area contributed by atoms with Crippen LogP contribution in [0.3, 0.4) is 0 Å². The van der Waals surface area contributed by atoms with Crippen LogP contribution in [0.1, 0.15) is 39.2 Å². The van der Waals surface area contributed by atoms with Crippen molar-refractivity contribution in [3.05, 3.63) is 51.9 Å². The van der Waals surface area contributed by atoms with Crippen molar-refractivity contribution in [2.75, 3.05) is 12.4 Å². The second kappa shape index (κ2) is 7.53. The van der Waals surface area contributed by atoms with Crippen molar-refractivity contribution < 1.29 is 14.3 Å². The van der Waals surface area contributed by atoms with E-state index in [4.69, 9.17) is 10.5 Å². The highest BCUT2D eigenvalue weighted by atomic mass is 32.1. The number of carbonyl (C=O) groups is 2. The summed E-state index contributed by atoms with van der Waals surface area (Å²) in [7, 11) is 1.60. The molecule has 0 fully saturated rings. The van der Waals surface area contributed by atoms with E-state index in [9.17, 15) is 9.59 Å². The standard InChI is InChI=1S/C19H20N2O3S/c1-24-13-6-4-5-12(11-13)9-10-16(22)21-19-17(18(20)23)14-7-2-3-8-15(14)25-19/h4-6,9-11H,2-3,7-8H2,1H3,(H2,20,23)(H,21,22)/b10-9+. The Morgan fingerprint density at radius 1 is 1.28 bits per heavy atom. The monoisotopic (exact) mass is 356 g/mol. The van der Waals surface area contributed by atoms with Crippen LogP contribution in [-0.4, -0.2) is 18.9 Å². The number of nitrogens with two attached hydrogens (primary N) is 1. The number of carbonyl (C=O) groups excluding carboxylic acids is 2. The molecule has 0 spiro atoms. The molecule has 0 bridgehead atoms. The first-order chi connectivity index (χ1) is 12.1. The Balaban J connectivity index is 1.77. The number of methoxy groups -OCH3 is 1. The van der Waals surface area contributed by atoms with Crippen molar-refractivity contribution in [1.29, 1.82) is 0 Å². The molecular weight excluding hydrogens is 336 g/mol. The molecule has 2 aromatic rings. The third-order valence-electron chi connectivity index (χ3n) is 4.18. The predicted octanol–water partition coefficient (Wildman–Crippen LogP) is 3.39. The van der Waals surface area contributed by atoms with Gasteiger partial charge < -0.3 is 15.8 Å². The summed E-state index contributed by atoms with van der Waals surface area (Å²) in [4.78, 5) is 25.2. The number of nitrogens with one attached hydrogen (secondary N) is 1.